The molecule has 3 N–H and O–H groups in total. The van der Waals surface area contributed by atoms with Crippen molar-refractivity contribution in [3.05, 3.63) is 17.5 Å². The lowest BCUT2D eigenvalue weighted by Gasteiger charge is -2.04. The standard InChI is InChI=1S/C8H13N3O3/c1-6-7(5-10-11-6)4-9-8(13)14-3-2-12/h5,12H,2-4H2,1H3,(H,9,13)(H,10,11). The van der Waals surface area contributed by atoms with Gasteiger partial charge in [0.05, 0.1) is 12.8 Å². The van der Waals surface area contributed by atoms with Crippen molar-refractivity contribution in [1.29, 1.82) is 0 Å². The van der Waals surface area contributed by atoms with Crippen molar-refractivity contribution in [1.82, 2.24) is 15.5 Å². The van der Waals surface area contributed by atoms with Gasteiger partial charge in [0.2, 0.25) is 0 Å². The summed E-state index contributed by atoms with van der Waals surface area (Å²) < 4.78 is 4.60. The van der Waals surface area contributed by atoms with Crippen molar-refractivity contribution in [2.75, 3.05) is 13.2 Å². The largest absolute Gasteiger partial charge is 0.447 e. The number of hydrogen-bond donors (Lipinski definition) is 3. The third-order valence-corrected chi connectivity index (χ3v) is 1.68. The van der Waals surface area contributed by atoms with Gasteiger partial charge in [-0.2, -0.15) is 5.10 Å². The molecule has 6 heteroatoms. The maximum Gasteiger partial charge on any atom is 0.407 e. The van der Waals surface area contributed by atoms with E-state index in [-0.39, 0.29) is 13.2 Å². The number of amides is 1. The first-order valence-corrected chi connectivity index (χ1v) is 4.24. The number of rotatable bonds is 4. The summed E-state index contributed by atoms with van der Waals surface area (Å²) >= 11 is 0. The molecular weight excluding hydrogens is 186 g/mol. The Morgan fingerprint density at radius 1 is 1.79 bits per heavy atom. The summed E-state index contributed by atoms with van der Waals surface area (Å²) in [6.45, 7) is 2.07. The average molecular weight is 199 g/mol. The summed E-state index contributed by atoms with van der Waals surface area (Å²) in [6.07, 6.45) is 1.10. The first-order valence-electron chi connectivity index (χ1n) is 4.24. The zero-order valence-corrected chi connectivity index (χ0v) is 7.91. The van der Waals surface area contributed by atoms with Crippen molar-refractivity contribution in [2.24, 2.45) is 0 Å². The topological polar surface area (TPSA) is 87.2 Å². The van der Waals surface area contributed by atoms with Gasteiger partial charge in [-0.25, -0.2) is 4.79 Å². The summed E-state index contributed by atoms with van der Waals surface area (Å²) in [5.74, 6) is 0. The maximum absolute atomic E-state index is 10.9. The Morgan fingerprint density at radius 2 is 2.57 bits per heavy atom. The number of aliphatic hydroxyl groups excluding tert-OH is 1. The van der Waals surface area contributed by atoms with E-state index >= 15 is 0 Å². The van der Waals surface area contributed by atoms with Crippen LogP contribution in [0.15, 0.2) is 6.20 Å². The van der Waals surface area contributed by atoms with Crippen molar-refractivity contribution < 1.29 is 14.6 Å². The van der Waals surface area contributed by atoms with E-state index in [4.69, 9.17) is 5.11 Å². The number of hydrogen-bond acceptors (Lipinski definition) is 4. The second-order valence-corrected chi connectivity index (χ2v) is 2.73. The van der Waals surface area contributed by atoms with Gasteiger partial charge in [-0.15, -0.1) is 0 Å². The lowest BCUT2D eigenvalue weighted by Crippen LogP contribution is -2.24. The molecule has 0 radical (unpaired) electrons. The zero-order valence-electron chi connectivity index (χ0n) is 7.91. The van der Waals surface area contributed by atoms with Gasteiger partial charge in [0.25, 0.3) is 0 Å². The molecule has 0 saturated carbocycles. The minimum Gasteiger partial charge on any atom is -0.447 e. The molecule has 1 heterocycles. The number of aromatic nitrogens is 2. The number of nitrogens with zero attached hydrogens (tertiary/aromatic N) is 1. The number of carbonyl (C=O) groups excluding carboxylic acids is 1. The van der Waals surface area contributed by atoms with Crippen LogP contribution < -0.4 is 5.32 Å². The first-order chi connectivity index (χ1) is 6.74. The predicted molar refractivity (Wildman–Crippen MR) is 48.6 cm³/mol. The predicted octanol–water partition coefficient (Wildman–Crippen LogP) is -0.0634. The highest BCUT2D eigenvalue weighted by Gasteiger charge is 2.03. The summed E-state index contributed by atoms with van der Waals surface area (Å²) in [5, 5.41) is 17.5. The minimum atomic E-state index is -0.542. The van der Waals surface area contributed by atoms with Crippen LogP contribution in [0.1, 0.15) is 11.3 Å². The minimum absolute atomic E-state index is 0.0101. The Morgan fingerprint density at radius 3 is 3.14 bits per heavy atom. The monoisotopic (exact) mass is 199 g/mol. The lowest BCUT2D eigenvalue weighted by atomic mass is 10.3. The van der Waals surface area contributed by atoms with E-state index in [0.29, 0.717) is 6.54 Å². The number of alkyl carbamates (subject to hydrolysis) is 1. The van der Waals surface area contributed by atoms with E-state index in [0.717, 1.165) is 11.3 Å². The van der Waals surface area contributed by atoms with Crippen LogP contribution >= 0.6 is 0 Å². The third-order valence-electron chi connectivity index (χ3n) is 1.68. The van der Waals surface area contributed by atoms with Gasteiger partial charge >= 0.3 is 6.09 Å². The fourth-order valence-corrected chi connectivity index (χ4v) is 0.911. The number of nitrogens with one attached hydrogen (secondary N) is 2. The van der Waals surface area contributed by atoms with Crippen LogP contribution in [0.4, 0.5) is 4.79 Å². The Labute approximate surface area is 81.3 Å². The van der Waals surface area contributed by atoms with E-state index in [1.54, 1.807) is 6.20 Å². The third kappa shape index (κ3) is 3.06. The van der Waals surface area contributed by atoms with Crippen LogP contribution in [0.5, 0.6) is 0 Å². The number of ether oxygens (including phenoxy) is 1. The summed E-state index contributed by atoms with van der Waals surface area (Å²) in [5.41, 5.74) is 1.82. The van der Waals surface area contributed by atoms with E-state index in [1.165, 1.54) is 0 Å². The highest BCUT2D eigenvalue weighted by atomic mass is 16.6. The smallest absolute Gasteiger partial charge is 0.407 e. The van der Waals surface area contributed by atoms with Crippen molar-refractivity contribution >= 4 is 6.09 Å². The average Bonchev–Trinajstić information content (AvgIpc) is 2.58. The van der Waals surface area contributed by atoms with E-state index < -0.39 is 6.09 Å². The second-order valence-electron chi connectivity index (χ2n) is 2.73. The first kappa shape index (κ1) is 10.5. The molecule has 1 amide bonds. The number of aromatic amines is 1. The summed E-state index contributed by atoms with van der Waals surface area (Å²) in [6, 6.07) is 0. The van der Waals surface area contributed by atoms with Crippen LogP contribution in [0.25, 0.3) is 0 Å². The van der Waals surface area contributed by atoms with Gasteiger partial charge in [0.1, 0.15) is 6.61 Å². The molecule has 0 aliphatic carbocycles. The van der Waals surface area contributed by atoms with Crippen LogP contribution in [0, 0.1) is 6.92 Å². The number of carbonyl (C=O) groups is 1. The van der Waals surface area contributed by atoms with Crippen LogP contribution in [0.3, 0.4) is 0 Å². The highest BCUT2D eigenvalue weighted by molar-refractivity contribution is 5.67. The normalized spacial score (nSPS) is 9.86. The van der Waals surface area contributed by atoms with Gasteiger partial charge in [-0.05, 0) is 6.92 Å². The molecule has 0 saturated heterocycles. The molecule has 6 nitrogen and oxygen atoms in total. The molecule has 0 fully saturated rings. The molecule has 0 aliphatic rings. The van der Waals surface area contributed by atoms with Gasteiger partial charge in [-0.3, -0.25) is 5.10 Å². The van der Waals surface area contributed by atoms with Crippen molar-refractivity contribution in [2.45, 2.75) is 13.5 Å². The van der Waals surface area contributed by atoms with Gasteiger partial charge in [0.15, 0.2) is 0 Å². The molecule has 1 aromatic rings. The molecule has 14 heavy (non-hydrogen) atoms. The molecular formula is C8H13N3O3. The highest BCUT2D eigenvalue weighted by Crippen LogP contribution is 2.01. The molecule has 1 rings (SSSR count). The fraction of sp³-hybridized carbons (Fsp3) is 0.500. The van der Waals surface area contributed by atoms with E-state index in [9.17, 15) is 4.79 Å². The van der Waals surface area contributed by atoms with Gasteiger partial charge in [-0.1, -0.05) is 0 Å². The summed E-state index contributed by atoms with van der Waals surface area (Å²) in [4.78, 5) is 10.9. The molecule has 0 unspecified atom stereocenters. The Kier molecular flexibility index (Phi) is 3.93. The van der Waals surface area contributed by atoms with E-state index in [2.05, 4.69) is 20.3 Å². The van der Waals surface area contributed by atoms with Crippen molar-refractivity contribution in [3.63, 3.8) is 0 Å². The molecule has 0 aliphatic heterocycles. The lowest BCUT2D eigenvalue weighted by molar-refractivity contribution is 0.119. The second kappa shape index (κ2) is 5.23. The SMILES string of the molecule is Cc1[nH]ncc1CNC(=O)OCCO. The molecule has 78 valence electrons. The molecule has 0 atom stereocenters. The molecule has 1 aromatic heterocycles. The van der Waals surface area contributed by atoms with Gasteiger partial charge in [0, 0.05) is 17.8 Å². The zero-order chi connectivity index (χ0) is 10.4. The number of H-pyrrole nitrogens is 1. The van der Waals surface area contributed by atoms with Crippen LogP contribution in [-0.2, 0) is 11.3 Å². The Balaban J connectivity index is 2.27. The number of aliphatic hydroxyl groups is 1. The number of aryl methyl sites for hydroxylation is 1. The van der Waals surface area contributed by atoms with Crippen LogP contribution in [0.2, 0.25) is 0 Å². The van der Waals surface area contributed by atoms with Crippen LogP contribution in [-0.4, -0.2) is 34.6 Å². The van der Waals surface area contributed by atoms with Crippen molar-refractivity contribution in [3.8, 4) is 0 Å². The Bertz CT molecular complexity index is 298. The quantitative estimate of drug-likeness (QED) is 0.633. The van der Waals surface area contributed by atoms with Gasteiger partial charge < -0.3 is 15.2 Å². The Hall–Kier alpha value is -1.56. The molecule has 0 spiro atoms. The van der Waals surface area contributed by atoms with E-state index in [1.807, 2.05) is 6.92 Å². The summed E-state index contributed by atoms with van der Waals surface area (Å²) in [7, 11) is 0. The fourth-order valence-electron chi connectivity index (χ4n) is 0.911. The molecule has 0 aromatic carbocycles. The molecule has 0 bridgehead atoms. The maximum atomic E-state index is 10.9.